The predicted molar refractivity (Wildman–Crippen MR) is 68.3 cm³/mol. The maximum atomic E-state index is 11.7. The molecule has 7 heteroatoms. The van der Waals surface area contributed by atoms with Crippen LogP contribution in [0.15, 0.2) is 15.0 Å². The maximum absolute atomic E-state index is 11.7. The van der Waals surface area contributed by atoms with Crippen molar-refractivity contribution in [3.05, 3.63) is 42.5 Å². The highest BCUT2D eigenvalue weighted by Gasteiger charge is 2.13. The maximum Gasteiger partial charge on any atom is 0.331 e. The first-order valence-corrected chi connectivity index (χ1v) is 6.36. The molecule has 0 radical (unpaired) electrons. The first-order chi connectivity index (χ1) is 8.52. The van der Waals surface area contributed by atoms with E-state index < -0.39 is 11.2 Å². The largest absolute Gasteiger partial charge is 0.494 e. The Morgan fingerprint density at radius 2 is 2.22 bits per heavy atom. The molecule has 0 fully saturated rings. The number of aromatic amines is 1. The summed E-state index contributed by atoms with van der Waals surface area (Å²) in [6.45, 7) is 3.76. The average Bonchev–Trinajstić information content (AvgIpc) is 2.70. The summed E-state index contributed by atoms with van der Waals surface area (Å²) in [6, 6.07) is 0. The molecule has 2 N–H and O–H groups in total. The zero-order valence-corrected chi connectivity index (χ0v) is 10.9. The van der Waals surface area contributed by atoms with Crippen molar-refractivity contribution >= 4 is 11.3 Å². The van der Waals surface area contributed by atoms with Crippen LogP contribution in [-0.2, 0) is 13.0 Å². The Bertz CT molecular complexity index is 684. The minimum absolute atomic E-state index is 0.160. The number of H-pyrrole nitrogens is 1. The second kappa shape index (κ2) is 4.77. The molecule has 6 nitrogen and oxygen atoms in total. The van der Waals surface area contributed by atoms with Crippen LogP contribution in [0.4, 0.5) is 0 Å². The standard InChI is InChI=1S/C11H13N3O3S/c1-3-7-9(15)13-11(17)14(10(7)16)4-8-12-6(2)5-18-8/h5,16H,3-4H2,1-2H3,(H,13,15,17). The Morgan fingerprint density at radius 1 is 1.50 bits per heavy atom. The van der Waals surface area contributed by atoms with Crippen LogP contribution < -0.4 is 11.2 Å². The lowest BCUT2D eigenvalue weighted by atomic mass is 10.2. The quantitative estimate of drug-likeness (QED) is 0.853. The first kappa shape index (κ1) is 12.6. The third-order valence-electron chi connectivity index (χ3n) is 2.58. The normalized spacial score (nSPS) is 10.8. The predicted octanol–water partition coefficient (Wildman–Crippen LogP) is 0.618. The molecule has 0 atom stereocenters. The fourth-order valence-electron chi connectivity index (χ4n) is 1.68. The number of aromatic nitrogens is 3. The zero-order valence-electron chi connectivity index (χ0n) is 10.1. The highest BCUT2D eigenvalue weighted by molar-refractivity contribution is 7.09. The Hall–Kier alpha value is -1.89. The van der Waals surface area contributed by atoms with E-state index in [1.165, 1.54) is 11.3 Å². The third kappa shape index (κ3) is 2.21. The van der Waals surface area contributed by atoms with E-state index in [1.54, 1.807) is 6.92 Å². The van der Waals surface area contributed by atoms with Crippen molar-refractivity contribution < 1.29 is 5.11 Å². The Labute approximate surface area is 107 Å². The van der Waals surface area contributed by atoms with Gasteiger partial charge in [0.1, 0.15) is 5.01 Å². The van der Waals surface area contributed by atoms with E-state index in [2.05, 4.69) is 9.97 Å². The Kier molecular flexibility index (Phi) is 3.33. The SMILES string of the molecule is CCc1c(O)n(Cc2nc(C)cs2)c(=O)[nH]c1=O. The molecule has 2 heterocycles. The van der Waals surface area contributed by atoms with Crippen LogP contribution in [0.2, 0.25) is 0 Å². The van der Waals surface area contributed by atoms with Gasteiger partial charge in [-0.3, -0.25) is 14.3 Å². The van der Waals surface area contributed by atoms with Gasteiger partial charge in [-0.15, -0.1) is 11.3 Å². The lowest BCUT2D eigenvalue weighted by Gasteiger charge is -2.08. The van der Waals surface area contributed by atoms with Gasteiger partial charge >= 0.3 is 5.69 Å². The molecule has 0 aromatic carbocycles. The van der Waals surface area contributed by atoms with Crippen LogP contribution in [0.1, 0.15) is 23.2 Å². The average molecular weight is 267 g/mol. The number of hydrogen-bond donors (Lipinski definition) is 2. The van der Waals surface area contributed by atoms with Gasteiger partial charge < -0.3 is 5.11 Å². The number of aromatic hydroxyl groups is 1. The smallest absolute Gasteiger partial charge is 0.331 e. The molecule has 0 saturated heterocycles. The van der Waals surface area contributed by atoms with E-state index in [1.807, 2.05) is 12.3 Å². The molecule has 0 aliphatic rings. The van der Waals surface area contributed by atoms with Crippen molar-refractivity contribution in [3.63, 3.8) is 0 Å². The molecule has 2 aromatic heterocycles. The van der Waals surface area contributed by atoms with Crippen molar-refractivity contribution in [3.8, 4) is 5.88 Å². The van der Waals surface area contributed by atoms with Crippen molar-refractivity contribution in [2.75, 3.05) is 0 Å². The minimum atomic E-state index is -0.623. The molecule has 0 spiro atoms. The zero-order chi connectivity index (χ0) is 13.3. The highest BCUT2D eigenvalue weighted by atomic mass is 32.1. The topological polar surface area (TPSA) is 88.0 Å². The van der Waals surface area contributed by atoms with Crippen molar-refractivity contribution in [1.82, 2.24) is 14.5 Å². The van der Waals surface area contributed by atoms with E-state index in [0.717, 1.165) is 10.3 Å². The van der Waals surface area contributed by atoms with E-state index in [9.17, 15) is 14.7 Å². The number of aryl methyl sites for hydroxylation is 1. The van der Waals surface area contributed by atoms with Gasteiger partial charge in [0.15, 0.2) is 0 Å². The van der Waals surface area contributed by atoms with E-state index in [-0.39, 0.29) is 18.0 Å². The van der Waals surface area contributed by atoms with Gasteiger partial charge in [-0.1, -0.05) is 6.92 Å². The first-order valence-electron chi connectivity index (χ1n) is 5.49. The molecule has 2 aromatic rings. The second-order valence-corrected chi connectivity index (χ2v) is 4.83. The summed E-state index contributed by atoms with van der Waals surface area (Å²) in [5, 5.41) is 12.5. The van der Waals surface area contributed by atoms with Crippen molar-refractivity contribution in [2.24, 2.45) is 0 Å². The summed E-state index contributed by atoms with van der Waals surface area (Å²) in [4.78, 5) is 29.5. The molecular weight excluding hydrogens is 254 g/mol. The second-order valence-electron chi connectivity index (χ2n) is 3.88. The van der Waals surface area contributed by atoms with E-state index in [0.29, 0.717) is 11.4 Å². The summed E-state index contributed by atoms with van der Waals surface area (Å²) in [5.41, 5.74) is -0.0836. The molecule has 18 heavy (non-hydrogen) atoms. The molecule has 0 aliphatic carbocycles. The number of nitrogens with zero attached hydrogens (tertiary/aromatic N) is 2. The van der Waals surface area contributed by atoms with Gasteiger partial charge in [0, 0.05) is 11.1 Å². The number of rotatable bonds is 3. The monoisotopic (exact) mass is 267 g/mol. The number of thiazole rings is 1. The molecule has 0 amide bonds. The van der Waals surface area contributed by atoms with Crippen LogP contribution >= 0.6 is 11.3 Å². The molecule has 96 valence electrons. The van der Waals surface area contributed by atoms with Crippen LogP contribution in [0.3, 0.4) is 0 Å². The lowest BCUT2D eigenvalue weighted by Crippen LogP contribution is -2.32. The van der Waals surface area contributed by atoms with Gasteiger partial charge in [-0.05, 0) is 13.3 Å². The Balaban J connectivity index is 2.51. The lowest BCUT2D eigenvalue weighted by molar-refractivity contribution is 0.402. The molecular formula is C11H13N3O3S. The molecule has 0 unspecified atom stereocenters. The number of hydrogen-bond acceptors (Lipinski definition) is 5. The third-order valence-corrected chi connectivity index (χ3v) is 3.53. The summed E-state index contributed by atoms with van der Waals surface area (Å²) in [5.74, 6) is -0.279. The van der Waals surface area contributed by atoms with Gasteiger partial charge in [0.2, 0.25) is 5.88 Å². The highest BCUT2D eigenvalue weighted by Crippen LogP contribution is 2.15. The summed E-state index contributed by atoms with van der Waals surface area (Å²) in [6.07, 6.45) is 0.359. The molecule has 0 saturated carbocycles. The summed E-state index contributed by atoms with van der Waals surface area (Å²) in [7, 11) is 0. The minimum Gasteiger partial charge on any atom is -0.494 e. The molecule has 0 aliphatic heterocycles. The van der Waals surface area contributed by atoms with Crippen LogP contribution in [0.25, 0.3) is 0 Å². The fraction of sp³-hybridized carbons (Fsp3) is 0.364. The van der Waals surface area contributed by atoms with Crippen LogP contribution in [0.5, 0.6) is 5.88 Å². The summed E-state index contributed by atoms with van der Waals surface area (Å²) >= 11 is 1.41. The van der Waals surface area contributed by atoms with Gasteiger partial charge in [-0.2, -0.15) is 0 Å². The van der Waals surface area contributed by atoms with Crippen molar-refractivity contribution in [1.29, 1.82) is 0 Å². The van der Waals surface area contributed by atoms with Crippen LogP contribution in [0, 0.1) is 6.92 Å². The van der Waals surface area contributed by atoms with Gasteiger partial charge in [0.25, 0.3) is 5.56 Å². The van der Waals surface area contributed by atoms with E-state index >= 15 is 0 Å². The molecule has 2 rings (SSSR count). The summed E-state index contributed by atoms with van der Waals surface area (Å²) < 4.78 is 1.12. The fourth-order valence-corrected chi connectivity index (χ4v) is 2.44. The van der Waals surface area contributed by atoms with Gasteiger partial charge in [0.05, 0.1) is 12.1 Å². The Morgan fingerprint density at radius 3 is 2.78 bits per heavy atom. The van der Waals surface area contributed by atoms with Crippen LogP contribution in [-0.4, -0.2) is 19.6 Å². The molecule has 0 bridgehead atoms. The van der Waals surface area contributed by atoms with Gasteiger partial charge in [-0.25, -0.2) is 9.78 Å². The number of nitrogens with one attached hydrogen (secondary N) is 1. The van der Waals surface area contributed by atoms with E-state index in [4.69, 9.17) is 0 Å². The van der Waals surface area contributed by atoms with Crippen molar-refractivity contribution in [2.45, 2.75) is 26.8 Å².